The maximum absolute atomic E-state index is 9.75. The van der Waals surface area contributed by atoms with Gasteiger partial charge in [-0.1, -0.05) is 19.1 Å². The van der Waals surface area contributed by atoms with Gasteiger partial charge in [0.2, 0.25) is 0 Å². The summed E-state index contributed by atoms with van der Waals surface area (Å²) in [6, 6.07) is 8.49. The molecule has 0 N–H and O–H groups in total. The third-order valence-electron chi connectivity index (χ3n) is 2.70. The average Bonchev–Trinajstić information content (AvgIpc) is 2.50. The zero-order valence-electron chi connectivity index (χ0n) is 10.5. The highest BCUT2D eigenvalue weighted by molar-refractivity contribution is 6.50. The molecule has 0 fully saturated rings. The van der Waals surface area contributed by atoms with E-state index in [0.717, 1.165) is 6.42 Å². The van der Waals surface area contributed by atoms with Crippen LogP contribution in [-0.4, -0.2) is 11.8 Å². The summed E-state index contributed by atoms with van der Waals surface area (Å²) in [5, 5.41) is 0. The fourth-order valence-electron chi connectivity index (χ4n) is 2.01. The summed E-state index contributed by atoms with van der Waals surface area (Å²) in [4.78, 5) is 0. The van der Waals surface area contributed by atoms with Crippen LogP contribution < -0.4 is 4.57 Å². The summed E-state index contributed by atoms with van der Waals surface area (Å²) in [7, 11) is -1.75. The number of imidazole rings is 1. The molecule has 0 saturated heterocycles. The molecule has 0 aliphatic heterocycles. The summed E-state index contributed by atoms with van der Waals surface area (Å²) in [6.07, 6.45) is 1.07. The molecular formula is C11H15BF4N2. The van der Waals surface area contributed by atoms with Crippen LogP contribution in [0.4, 0.5) is 17.3 Å². The maximum atomic E-state index is 9.75. The predicted octanol–water partition coefficient (Wildman–Crippen LogP) is 2.87. The van der Waals surface area contributed by atoms with E-state index >= 15 is 0 Å². The molecule has 1 aromatic heterocycles. The lowest BCUT2D eigenvalue weighted by atomic mass is 10.3. The van der Waals surface area contributed by atoms with E-state index in [2.05, 4.69) is 54.4 Å². The van der Waals surface area contributed by atoms with Crippen molar-refractivity contribution in [2.45, 2.75) is 13.3 Å². The zero-order valence-corrected chi connectivity index (χ0v) is 10.5. The lowest BCUT2D eigenvalue weighted by molar-refractivity contribution is -0.653. The van der Waals surface area contributed by atoms with Crippen molar-refractivity contribution in [3.8, 4) is 0 Å². The number of hydrogen-bond donors (Lipinski definition) is 0. The first-order valence-corrected chi connectivity index (χ1v) is 5.55. The van der Waals surface area contributed by atoms with E-state index in [0.29, 0.717) is 0 Å². The fraction of sp³-hybridized carbons (Fsp3) is 0.364. The standard InChI is InChI=1S/C11H15N2.BF4/c1-4-11-12(2)9-7-5-6-8-10(9)13(11)3;2-1(3,4)5/h5-8H,4H2,1-3H3;/q+1;-1. The van der Waals surface area contributed by atoms with Gasteiger partial charge in [0.1, 0.15) is 0 Å². The molecule has 1 aromatic carbocycles. The molecule has 0 spiro atoms. The minimum absolute atomic E-state index is 1.07. The number of aryl methyl sites for hydroxylation is 2. The smallest absolute Gasteiger partial charge is 0.418 e. The predicted molar refractivity (Wildman–Crippen MR) is 63.7 cm³/mol. The zero-order chi connectivity index (χ0) is 13.9. The number of nitrogens with zero attached hydrogens (tertiary/aromatic N) is 2. The molecule has 18 heavy (non-hydrogen) atoms. The third-order valence-corrected chi connectivity index (χ3v) is 2.70. The van der Waals surface area contributed by atoms with Crippen LogP contribution in [0, 0.1) is 0 Å². The van der Waals surface area contributed by atoms with Crippen LogP contribution in [0.15, 0.2) is 24.3 Å². The van der Waals surface area contributed by atoms with Crippen LogP contribution in [0.25, 0.3) is 11.0 Å². The van der Waals surface area contributed by atoms with Gasteiger partial charge in [-0.25, -0.2) is 9.13 Å². The molecule has 1 heterocycles. The summed E-state index contributed by atoms with van der Waals surface area (Å²) < 4.78 is 43.5. The van der Waals surface area contributed by atoms with Crippen molar-refractivity contribution < 1.29 is 21.8 Å². The number of halogens is 4. The average molecular weight is 262 g/mol. The Balaban J connectivity index is 0.000000280. The molecular weight excluding hydrogens is 247 g/mol. The molecule has 0 radical (unpaired) electrons. The lowest BCUT2D eigenvalue weighted by Gasteiger charge is -1.94. The Morgan fingerprint density at radius 2 is 1.67 bits per heavy atom. The van der Waals surface area contributed by atoms with Gasteiger partial charge in [-0.2, -0.15) is 0 Å². The fourth-order valence-corrected chi connectivity index (χ4v) is 2.01. The Kier molecular flexibility index (Phi) is 4.37. The van der Waals surface area contributed by atoms with Crippen LogP contribution in [0.5, 0.6) is 0 Å². The molecule has 7 heteroatoms. The van der Waals surface area contributed by atoms with Gasteiger partial charge in [0.25, 0.3) is 5.82 Å². The Labute approximate surface area is 103 Å². The van der Waals surface area contributed by atoms with Gasteiger partial charge in [-0.3, -0.25) is 0 Å². The van der Waals surface area contributed by atoms with E-state index in [1.165, 1.54) is 16.9 Å². The molecule has 2 rings (SSSR count). The number of hydrogen-bond acceptors (Lipinski definition) is 0. The van der Waals surface area contributed by atoms with Crippen molar-refractivity contribution >= 4 is 18.3 Å². The molecule has 0 unspecified atom stereocenters. The highest BCUT2D eigenvalue weighted by atomic mass is 19.5. The second-order valence-corrected chi connectivity index (χ2v) is 3.87. The molecule has 100 valence electrons. The van der Waals surface area contributed by atoms with E-state index in [4.69, 9.17) is 0 Å². The van der Waals surface area contributed by atoms with Crippen molar-refractivity contribution in [1.29, 1.82) is 0 Å². The van der Waals surface area contributed by atoms with Crippen LogP contribution >= 0.6 is 0 Å². The van der Waals surface area contributed by atoms with Crippen LogP contribution in [0.3, 0.4) is 0 Å². The minimum atomic E-state index is -6.00. The van der Waals surface area contributed by atoms with Crippen molar-refractivity contribution in [1.82, 2.24) is 4.57 Å². The molecule has 2 aromatic rings. The summed E-state index contributed by atoms with van der Waals surface area (Å²) in [5.74, 6) is 1.36. The first-order chi connectivity index (χ1) is 8.25. The minimum Gasteiger partial charge on any atom is -0.418 e. The molecule has 2 nitrogen and oxygen atoms in total. The van der Waals surface area contributed by atoms with E-state index in [9.17, 15) is 17.3 Å². The van der Waals surface area contributed by atoms with E-state index in [1.54, 1.807) is 0 Å². The van der Waals surface area contributed by atoms with Crippen LogP contribution in [-0.2, 0) is 20.5 Å². The first kappa shape index (κ1) is 14.5. The molecule has 0 saturated carbocycles. The Morgan fingerprint density at radius 1 is 1.17 bits per heavy atom. The summed E-state index contributed by atoms with van der Waals surface area (Å²) in [6.45, 7) is 2.19. The van der Waals surface area contributed by atoms with Crippen molar-refractivity contribution in [2.75, 3.05) is 0 Å². The van der Waals surface area contributed by atoms with Crippen molar-refractivity contribution in [3.05, 3.63) is 30.1 Å². The number of fused-ring (bicyclic) bond motifs is 1. The first-order valence-electron chi connectivity index (χ1n) is 5.55. The highest BCUT2D eigenvalue weighted by Gasteiger charge is 2.20. The van der Waals surface area contributed by atoms with Gasteiger partial charge in [0.05, 0.1) is 14.1 Å². The second kappa shape index (κ2) is 5.41. The van der Waals surface area contributed by atoms with Gasteiger partial charge >= 0.3 is 7.25 Å². The molecule has 0 atom stereocenters. The molecule has 0 aliphatic rings. The number of aromatic nitrogens is 2. The lowest BCUT2D eigenvalue weighted by Crippen LogP contribution is -2.32. The van der Waals surface area contributed by atoms with Crippen molar-refractivity contribution in [2.24, 2.45) is 14.1 Å². The Hall–Kier alpha value is -1.53. The second-order valence-electron chi connectivity index (χ2n) is 3.87. The molecule has 0 aliphatic carbocycles. The van der Waals surface area contributed by atoms with Gasteiger partial charge in [-0.15, -0.1) is 0 Å². The summed E-state index contributed by atoms with van der Waals surface area (Å²) >= 11 is 0. The van der Waals surface area contributed by atoms with Gasteiger partial charge in [0, 0.05) is 6.42 Å². The highest BCUT2D eigenvalue weighted by Crippen LogP contribution is 2.11. The molecule has 0 amide bonds. The van der Waals surface area contributed by atoms with Gasteiger partial charge < -0.3 is 17.3 Å². The molecule has 0 bridgehead atoms. The Morgan fingerprint density at radius 3 is 2.11 bits per heavy atom. The van der Waals surface area contributed by atoms with Crippen LogP contribution in [0.2, 0.25) is 0 Å². The maximum Gasteiger partial charge on any atom is 0.673 e. The third kappa shape index (κ3) is 3.48. The summed E-state index contributed by atoms with van der Waals surface area (Å²) in [5.41, 5.74) is 2.61. The van der Waals surface area contributed by atoms with E-state index in [1.807, 2.05) is 0 Å². The van der Waals surface area contributed by atoms with Crippen LogP contribution in [0.1, 0.15) is 12.7 Å². The largest absolute Gasteiger partial charge is 0.673 e. The number of para-hydroxylation sites is 2. The van der Waals surface area contributed by atoms with Gasteiger partial charge in [0.15, 0.2) is 11.0 Å². The quantitative estimate of drug-likeness (QED) is 0.424. The number of benzene rings is 1. The number of rotatable bonds is 1. The SMILES string of the molecule is CCc1n(C)c2ccccc2[n+]1C.F[B-](F)(F)F. The Bertz CT molecular complexity index is 489. The normalized spacial score (nSPS) is 11.3. The van der Waals surface area contributed by atoms with E-state index in [-0.39, 0.29) is 0 Å². The van der Waals surface area contributed by atoms with E-state index < -0.39 is 7.25 Å². The van der Waals surface area contributed by atoms with Gasteiger partial charge in [-0.05, 0) is 12.1 Å². The van der Waals surface area contributed by atoms with Crippen molar-refractivity contribution in [3.63, 3.8) is 0 Å². The monoisotopic (exact) mass is 262 g/mol. The topological polar surface area (TPSA) is 8.81 Å².